The molecular formula is C27H54O6PS+. The van der Waals surface area contributed by atoms with Crippen molar-refractivity contribution in [3.63, 3.8) is 0 Å². The van der Waals surface area contributed by atoms with Gasteiger partial charge in [0.25, 0.3) is 0 Å². The van der Waals surface area contributed by atoms with Crippen LogP contribution in [0.5, 0.6) is 0 Å². The molecule has 0 bridgehead atoms. The molecule has 6 nitrogen and oxygen atoms in total. The molecule has 0 amide bonds. The number of rotatable bonds is 26. The van der Waals surface area contributed by atoms with Gasteiger partial charge in [-0.3, -0.25) is 0 Å². The van der Waals surface area contributed by atoms with Gasteiger partial charge in [0, 0.05) is 11.9 Å². The Hall–Kier alpha value is -0.200. The predicted molar refractivity (Wildman–Crippen MR) is 149 cm³/mol. The van der Waals surface area contributed by atoms with E-state index in [1.54, 1.807) is 0 Å². The fourth-order valence-corrected chi connectivity index (χ4v) is 5.69. The van der Waals surface area contributed by atoms with Crippen LogP contribution in [0.3, 0.4) is 0 Å². The van der Waals surface area contributed by atoms with Gasteiger partial charge in [-0.25, -0.2) is 4.79 Å². The van der Waals surface area contributed by atoms with Crippen LogP contribution < -0.4 is 0 Å². The van der Waals surface area contributed by atoms with E-state index in [1.165, 1.54) is 70.6 Å². The molecule has 2 N–H and O–H groups in total. The Morgan fingerprint density at radius 1 is 0.857 bits per heavy atom. The second-order valence-corrected chi connectivity index (χ2v) is 12.0. The minimum atomic E-state index is -2.56. The summed E-state index contributed by atoms with van der Waals surface area (Å²) in [6, 6.07) is 0. The number of carboxylic acid groups (broad SMARTS) is 1. The first-order chi connectivity index (χ1) is 16.9. The highest BCUT2D eigenvalue weighted by atomic mass is 32.2. The molecule has 5 unspecified atom stereocenters. The van der Waals surface area contributed by atoms with Crippen molar-refractivity contribution in [1.29, 1.82) is 0 Å². The molecule has 0 fully saturated rings. The molecule has 0 aromatic heterocycles. The quantitative estimate of drug-likeness (QED) is 0.0657. The van der Waals surface area contributed by atoms with E-state index < -0.39 is 26.1 Å². The van der Waals surface area contributed by atoms with Crippen molar-refractivity contribution in [2.45, 2.75) is 153 Å². The zero-order valence-corrected chi connectivity index (χ0v) is 24.7. The minimum Gasteiger partial charge on any atom is -0.476 e. The van der Waals surface area contributed by atoms with E-state index in [4.69, 9.17) is 9.47 Å². The van der Waals surface area contributed by atoms with E-state index in [2.05, 4.69) is 13.8 Å². The Labute approximate surface area is 220 Å². The topological polar surface area (TPSA) is 93.1 Å². The number of aliphatic hydroxyl groups is 1. The lowest BCUT2D eigenvalue weighted by molar-refractivity contribution is -0.230. The molecule has 5 atom stereocenters. The third-order valence-electron chi connectivity index (χ3n) is 6.33. The van der Waals surface area contributed by atoms with Crippen molar-refractivity contribution in [3.8, 4) is 0 Å². The van der Waals surface area contributed by atoms with Gasteiger partial charge < -0.3 is 19.7 Å². The predicted octanol–water partition coefficient (Wildman–Crippen LogP) is 7.93. The van der Waals surface area contributed by atoms with Crippen LogP contribution in [0.15, 0.2) is 0 Å². The van der Waals surface area contributed by atoms with Crippen LogP contribution in [0, 0.1) is 0 Å². The summed E-state index contributed by atoms with van der Waals surface area (Å²) in [4.78, 5) is 11.6. The number of ether oxygens (including phenoxy) is 2. The van der Waals surface area contributed by atoms with E-state index in [1.807, 2.05) is 25.6 Å². The van der Waals surface area contributed by atoms with Crippen molar-refractivity contribution in [2.24, 2.45) is 0 Å². The van der Waals surface area contributed by atoms with E-state index in [0.29, 0.717) is 6.42 Å². The average Bonchev–Trinajstić information content (AvgIpc) is 2.85. The minimum absolute atomic E-state index is 0.172. The van der Waals surface area contributed by atoms with Gasteiger partial charge in [-0.1, -0.05) is 109 Å². The van der Waals surface area contributed by atoms with Crippen LogP contribution in [0.1, 0.15) is 130 Å². The molecule has 208 valence electrons. The van der Waals surface area contributed by atoms with Crippen molar-refractivity contribution in [1.82, 2.24) is 0 Å². The molecule has 8 heteroatoms. The van der Waals surface area contributed by atoms with Crippen molar-refractivity contribution >= 4 is 26.2 Å². The molecule has 35 heavy (non-hydrogen) atoms. The third kappa shape index (κ3) is 16.3. The van der Waals surface area contributed by atoms with Crippen LogP contribution in [0.4, 0.5) is 0 Å². The lowest BCUT2D eigenvalue weighted by atomic mass is 10.1. The van der Waals surface area contributed by atoms with E-state index >= 15 is 0 Å². The summed E-state index contributed by atoms with van der Waals surface area (Å²) < 4.78 is 23.1. The van der Waals surface area contributed by atoms with E-state index in [9.17, 15) is 19.6 Å². The summed E-state index contributed by atoms with van der Waals surface area (Å²) in [6.07, 6.45) is 17.5. The molecule has 0 spiro atoms. The van der Waals surface area contributed by atoms with Crippen LogP contribution in [0.25, 0.3) is 0 Å². The van der Waals surface area contributed by atoms with Gasteiger partial charge in [-0.05, 0) is 31.9 Å². The molecular weight excluding hydrogens is 483 g/mol. The average molecular weight is 538 g/mol. The summed E-state index contributed by atoms with van der Waals surface area (Å²) in [7, 11) is -1.48. The number of hydrogen-bond donors (Lipinski definition) is 2. The molecule has 0 saturated carbocycles. The molecule has 0 aliphatic rings. The highest BCUT2D eigenvalue weighted by molar-refractivity contribution is 7.99. The Morgan fingerprint density at radius 2 is 1.37 bits per heavy atom. The summed E-state index contributed by atoms with van der Waals surface area (Å²) in [5.74, 6) is -0.549. The fourth-order valence-electron chi connectivity index (χ4n) is 4.01. The Balaban J connectivity index is 4.71. The van der Waals surface area contributed by atoms with Gasteiger partial charge in [0.2, 0.25) is 6.29 Å². The van der Waals surface area contributed by atoms with Gasteiger partial charge in [0.15, 0.2) is 0 Å². The van der Waals surface area contributed by atoms with Crippen LogP contribution >= 0.6 is 20.2 Å². The highest BCUT2D eigenvalue weighted by Crippen LogP contribution is 2.32. The van der Waals surface area contributed by atoms with Crippen molar-refractivity contribution < 1.29 is 29.0 Å². The largest absolute Gasteiger partial charge is 0.476 e. The summed E-state index contributed by atoms with van der Waals surface area (Å²) >= 11 is 1.87. The lowest BCUT2D eigenvalue weighted by Gasteiger charge is -2.30. The van der Waals surface area contributed by atoms with Crippen LogP contribution in [-0.2, 0) is 18.8 Å². The maximum absolute atomic E-state index is 11.6. The summed E-state index contributed by atoms with van der Waals surface area (Å²) in [6.45, 7) is 8.47. The summed E-state index contributed by atoms with van der Waals surface area (Å²) in [5, 5.41) is 17.6. The molecule has 0 rings (SSSR count). The zero-order chi connectivity index (χ0) is 26.4. The zero-order valence-electron chi connectivity index (χ0n) is 22.9. The number of unbranched alkanes of at least 4 members (excludes halogenated alkanes) is 12. The molecule has 0 saturated heterocycles. The maximum atomic E-state index is 11.6. The summed E-state index contributed by atoms with van der Waals surface area (Å²) in [5.41, 5.74) is 0. The second-order valence-electron chi connectivity index (χ2n) is 9.66. The SMILES string of the molecule is CCCCCCCCCCCCSC(CCCCCC)C(C)OC(OCCC)C(O)([PH+]=O)C(=O)O. The van der Waals surface area contributed by atoms with Crippen LogP contribution in [0.2, 0.25) is 0 Å². The van der Waals surface area contributed by atoms with Gasteiger partial charge in [0.1, 0.15) is 0 Å². The number of carbonyl (C=O) groups is 1. The number of thioether (sulfide) groups is 1. The van der Waals surface area contributed by atoms with Gasteiger partial charge >= 0.3 is 19.8 Å². The molecule has 0 radical (unpaired) electrons. The Bertz CT molecular complexity index is 524. The second kappa shape index (κ2) is 23.0. The number of carboxylic acids is 1. The molecule has 0 aliphatic heterocycles. The first-order valence-electron chi connectivity index (χ1n) is 14.1. The van der Waals surface area contributed by atoms with Crippen molar-refractivity contribution in [3.05, 3.63) is 0 Å². The highest BCUT2D eigenvalue weighted by Gasteiger charge is 2.56. The monoisotopic (exact) mass is 537 g/mol. The van der Waals surface area contributed by atoms with Gasteiger partial charge in [-0.15, -0.1) is 0 Å². The van der Waals surface area contributed by atoms with E-state index in [0.717, 1.165) is 31.4 Å². The molecule has 0 heterocycles. The van der Waals surface area contributed by atoms with Crippen LogP contribution in [-0.4, -0.2) is 51.5 Å². The Kier molecular flexibility index (Phi) is 22.8. The molecule has 0 aromatic rings. The first kappa shape index (κ1) is 34.8. The number of hydrogen-bond acceptors (Lipinski definition) is 6. The molecule has 0 aliphatic carbocycles. The standard InChI is InChI=1S/C27H53O6PS/c1-5-8-10-12-13-14-15-16-17-19-22-35-24(20-18-11-9-6-2)23(4)33-26(32-21-7-3)27(30,34-31)25(28)29/h23-24,26,30H,5-22H2,1-4H3,(H,28,29)/p+1. The smallest absolute Gasteiger partial charge is 0.407 e. The van der Waals surface area contributed by atoms with E-state index in [-0.39, 0.29) is 18.0 Å². The maximum Gasteiger partial charge on any atom is 0.407 e. The fraction of sp³-hybridized carbons (Fsp3) is 0.963. The van der Waals surface area contributed by atoms with Gasteiger partial charge in [0.05, 0.1) is 6.10 Å². The van der Waals surface area contributed by atoms with Crippen molar-refractivity contribution in [2.75, 3.05) is 12.4 Å². The normalized spacial score (nSPS) is 16.1. The van der Waals surface area contributed by atoms with Gasteiger partial charge in [-0.2, -0.15) is 11.8 Å². The number of aliphatic carboxylic acids is 1. The lowest BCUT2D eigenvalue weighted by Crippen LogP contribution is -2.50. The third-order valence-corrected chi connectivity index (χ3v) is 8.66. The first-order valence-corrected chi connectivity index (χ1v) is 16.1. The Morgan fingerprint density at radius 3 is 1.86 bits per heavy atom. The molecule has 0 aromatic carbocycles.